The number of methoxy groups -OCH3 is 1. The van der Waals surface area contributed by atoms with Gasteiger partial charge in [-0.15, -0.1) is 0 Å². The number of hydrogen-bond acceptors (Lipinski definition) is 5. The van der Waals surface area contributed by atoms with Crippen molar-refractivity contribution in [1.29, 1.82) is 0 Å². The third kappa shape index (κ3) is 2.40. The fraction of sp³-hybridized carbons (Fsp3) is 0.450. The Morgan fingerprint density at radius 3 is 2.79 bits per heavy atom. The van der Waals surface area contributed by atoms with Gasteiger partial charge in [-0.25, -0.2) is 9.78 Å². The summed E-state index contributed by atoms with van der Waals surface area (Å²) < 4.78 is 11.0. The maximum Gasteiger partial charge on any atom is 0.408 e. The second-order valence-corrected chi connectivity index (χ2v) is 8.20. The standard InChI is InChI=1S/C20H23N3O5/c1-19(2,3)20(8-5-9-23(20)18(25)26)17-21-14-12-10-11(27-4)6-7-13(12)28-15(14)16(24)22-17/h6-7,10H,5,8-9H2,1-4H3,(H,25,26)(H,21,22,24)/t20-/m0/s1. The molecule has 0 radical (unpaired) electrons. The minimum Gasteiger partial charge on any atom is -0.497 e. The zero-order valence-corrected chi connectivity index (χ0v) is 16.3. The number of hydrogen-bond donors (Lipinski definition) is 2. The Morgan fingerprint density at radius 2 is 2.14 bits per heavy atom. The second-order valence-electron chi connectivity index (χ2n) is 8.20. The lowest BCUT2D eigenvalue weighted by atomic mass is 9.71. The topological polar surface area (TPSA) is 109 Å². The third-order valence-electron chi connectivity index (χ3n) is 5.78. The summed E-state index contributed by atoms with van der Waals surface area (Å²) in [5, 5.41) is 10.5. The number of likely N-dealkylation sites (tertiary alicyclic amines) is 1. The Kier molecular flexibility index (Phi) is 3.92. The van der Waals surface area contributed by atoms with E-state index in [1.54, 1.807) is 25.3 Å². The molecule has 0 unspecified atom stereocenters. The lowest BCUT2D eigenvalue weighted by Gasteiger charge is -2.45. The van der Waals surface area contributed by atoms with Gasteiger partial charge in [0.25, 0.3) is 5.56 Å². The summed E-state index contributed by atoms with van der Waals surface area (Å²) in [7, 11) is 1.56. The second kappa shape index (κ2) is 5.98. The number of carbonyl (C=O) groups is 1. The minimum atomic E-state index is -1.02. The molecule has 8 heteroatoms. The van der Waals surface area contributed by atoms with Crippen LogP contribution in [0.3, 0.4) is 0 Å². The molecule has 1 aliphatic rings. The van der Waals surface area contributed by atoms with Crippen LogP contribution in [0.25, 0.3) is 22.1 Å². The molecule has 3 aromatic rings. The van der Waals surface area contributed by atoms with Crippen molar-refractivity contribution in [2.75, 3.05) is 13.7 Å². The number of nitrogens with one attached hydrogen (secondary N) is 1. The van der Waals surface area contributed by atoms with Gasteiger partial charge in [0, 0.05) is 6.54 Å². The molecule has 0 saturated carbocycles. The molecule has 28 heavy (non-hydrogen) atoms. The first-order valence-electron chi connectivity index (χ1n) is 9.20. The largest absolute Gasteiger partial charge is 0.497 e. The van der Waals surface area contributed by atoms with Gasteiger partial charge in [-0.2, -0.15) is 0 Å². The van der Waals surface area contributed by atoms with E-state index in [2.05, 4.69) is 4.98 Å². The number of nitrogens with zero attached hydrogens (tertiary/aromatic N) is 2. The third-order valence-corrected chi connectivity index (χ3v) is 5.78. The smallest absolute Gasteiger partial charge is 0.408 e. The average molecular weight is 385 g/mol. The average Bonchev–Trinajstić information content (AvgIpc) is 3.23. The Morgan fingerprint density at radius 1 is 1.39 bits per heavy atom. The number of amides is 1. The van der Waals surface area contributed by atoms with Gasteiger partial charge in [0.05, 0.1) is 12.5 Å². The molecule has 148 valence electrons. The van der Waals surface area contributed by atoms with Crippen LogP contribution in [0.5, 0.6) is 5.75 Å². The highest BCUT2D eigenvalue weighted by Gasteiger charge is 2.55. The maximum atomic E-state index is 12.8. The normalized spacial score (nSPS) is 20.2. The summed E-state index contributed by atoms with van der Waals surface area (Å²) in [6, 6.07) is 5.25. The first kappa shape index (κ1) is 18.3. The minimum absolute atomic E-state index is 0.121. The SMILES string of the molecule is COc1ccc2oc3c(=O)[nH]c([C@]4(C(C)(C)C)CCCN4C(=O)O)nc3c2c1. The molecule has 1 atom stereocenters. The molecule has 1 amide bonds. The van der Waals surface area contributed by atoms with E-state index in [0.29, 0.717) is 47.4 Å². The molecule has 0 aliphatic carbocycles. The number of H-pyrrole nitrogens is 1. The number of rotatable bonds is 2. The number of benzene rings is 1. The van der Waals surface area contributed by atoms with E-state index < -0.39 is 22.6 Å². The van der Waals surface area contributed by atoms with E-state index in [1.807, 2.05) is 20.8 Å². The van der Waals surface area contributed by atoms with Crippen molar-refractivity contribution in [3.63, 3.8) is 0 Å². The van der Waals surface area contributed by atoms with Crippen LogP contribution in [-0.4, -0.2) is 39.7 Å². The van der Waals surface area contributed by atoms with Gasteiger partial charge < -0.3 is 19.2 Å². The fourth-order valence-electron chi connectivity index (χ4n) is 4.41. The van der Waals surface area contributed by atoms with Gasteiger partial charge in [-0.3, -0.25) is 9.69 Å². The van der Waals surface area contributed by atoms with Crippen LogP contribution in [0.1, 0.15) is 39.4 Å². The molecule has 1 aliphatic heterocycles. The summed E-state index contributed by atoms with van der Waals surface area (Å²) in [5.74, 6) is 0.973. The Hall–Kier alpha value is -3.03. The van der Waals surface area contributed by atoms with Gasteiger partial charge in [0.2, 0.25) is 5.58 Å². The lowest BCUT2D eigenvalue weighted by Crippen LogP contribution is -2.54. The predicted molar refractivity (Wildman–Crippen MR) is 104 cm³/mol. The number of furan rings is 1. The van der Waals surface area contributed by atoms with Crippen molar-refractivity contribution in [3.05, 3.63) is 34.4 Å². The van der Waals surface area contributed by atoms with Gasteiger partial charge in [0.1, 0.15) is 28.2 Å². The quantitative estimate of drug-likeness (QED) is 0.696. The fourth-order valence-corrected chi connectivity index (χ4v) is 4.41. The molecule has 0 bridgehead atoms. The summed E-state index contributed by atoms with van der Waals surface area (Å²) in [6.45, 7) is 6.30. The number of carboxylic acid groups (broad SMARTS) is 1. The van der Waals surface area contributed by atoms with Crippen molar-refractivity contribution in [1.82, 2.24) is 14.9 Å². The van der Waals surface area contributed by atoms with Crippen molar-refractivity contribution in [2.24, 2.45) is 5.41 Å². The van der Waals surface area contributed by atoms with Crippen molar-refractivity contribution >= 4 is 28.2 Å². The van der Waals surface area contributed by atoms with Crippen molar-refractivity contribution in [3.8, 4) is 5.75 Å². The first-order chi connectivity index (χ1) is 13.2. The summed E-state index contributed by atoms with van der Waals surface area (Å²) in [5.41, 5.74) is -0.782. The molecule has 8 nitrogen and oxygen atoms in total. The van der Waals surface area contributed by atoms with E-state index in [0.717, 1.165) is 0 Å². The highest BCUT2D eigenvalue weighted by Crippen LogP contribution is 2.50. The van der Waals surface area contributed by atoms with Gasteiger partial charge in [0.15, 0.2) is 0 Å². The van der Waals surface area contributed by atoms with Crippen LogP contribution in [0.4, 0.5) is 4.79 Å². The number of aromatic amines is 1. The monoisotopic (exact) mass is 385 g/mol. The van der Waals surface area contributed by atoms with Crippen LogP contribution in [-0.2, 0) is 5.54 Å². The molecule has 4 rings (SSSR count). The zero-order chi connectivity index (χ0) is 20.3. The van der Waals surface area contributed by atoms with Gasteiger partial charge >= 0.3 is 6.09 Å². The highest BCUT2D eigenvalue weighted by atomic mass is 16.5. The van der Waals surface area contributed by atoms with Crippen LogP contribution in [0.15, 0.2) is 27.4 Å². The zero-order valence-electron chi connectivity index (χ0n) is 16.3. The number of ether oxygens (including phenoxy) is 1. The van der Waals surface area contributed by atoms with Gasteiger partial charge in [-0.05, 0) is 36.5 Å². The van der Waals surface area contributed by atoms with Crippen LogP contribution >= 0.6 is 0 Å². The molecule has 1 aromatic carbocycles. The first-order valence-corrected chi connectivity index (χ1v) is 9.20. The van der Waals surface area contributed by atoms with E-state index >= 15 is 0 Å². The molecule has 1 saturated heterocycles. The molecule has 1 fully saturated rings. The Labute approximate surface area is 161 Å². The Balaban J connectivity index is 2.05. The van der Waals surface area contributed by atoms with Crippen molar-refractivity contribution in [2.45, 2.75) is 39.2 Å². The molecule has 0 spiro atoms. The number of fused-ring (bicyclic) bond motifs is 3. The number of aromatic nitrogens is 2. The molecular formula is C20H23N3O5. The Bertz CT molecular complexity index is 1140. The van der Waals surface area contributed by atoms with E-state index in [-0.39, 0.29) is 5.58 Å². The summed E-state index contributed by atoms with van der Waals surface area (Å²) in [4.78, 5) is 33.8. The predicted octanol–water partition coefficient (Wildman–Crippen LogP) is 3.69. The maximum absolute atomic E-state index is 12.8. The van der Waals surface area contributed by atoms with E-state index in [9.17, 15) is 14.7 Å². The van der Waals surface area contributed by atoms with Gasteiger partial charge in [-0.1, -0.05) is 20.8 Å². The van der Waals surface area contributed by atoms with Crippen LogP contribution < -0.4 is 10.3 Å². The molecule has 2 aromatic heterocycles. The van der Waals surface area contributed by atoms with E-state index in [1.165, 1.54) is 4.90 Å². The molecular weight excluding hydrogens is 362 g/mol. The van der Waals surface area contributed by atoms with Crippen molar-refractivity contribution < 1.29 is 19.1 Å². The molecule has 3 heterocycles. The van der Waals surface area contributed by atoms with Crippen LogP contribution in [0, 0.1) is 5.41 Å². The van der Waals surface area contributed by atoms with Crippen LogP contribution in [0.2, 0.25) is 0 Å². The van der Waals surface area contributed by atoms with E-state index in [4.69, 9.17) is 14.1 Å². The summed E-state index contributed by atoms with van der Waals surface area (Å²) in [6.07, 6.45) is 0.260. The summed E-state index contributed by atoms with van der Waals surface area (Å²) >= 11 is 0. The highest BCUT2D eigenvalue weighted by molar-refractivity contribution is 6.02. The molecule has 2 N–H and O–H groups in total. The lowest BCUT2D eigenvalue weighted by molar-refractivity contribution is 0.0211.